The molecular weight excluding hydrogens is 530 g/mol. The van der Waals surface area contributed by atoms with Gasteiger partial charge in [-0.25, -0.2) is 0 Å². The van der Waals surface area contributed by atoms with E-state index >= 15 is 0 Å². The summed E-state index contributed by atoms with van der Waals surface area (Å²) >= 11 is 0.693. The second-order valence-electron chi connectivity index (χ2n) is 7.96. The Bertz CT molecular complexity index is 1520. The average molecular weight is 550 g/mol. The van der Waals surface area contributed by atoms with Gasteiger partial charge in [0.05, 0.1) is 34.0 Å². The van der Waals surface area contributed by atoms with E-state index in [-0.39, 0.29) is 34.5 Å². The fourth-order valence-corrected chi connectivity index (χ4v) is 4.42. The summed E-state index contributed by atoms with van der Waals surface area (Å²) in [4.78, 5) is 59.7. The zero-order valence-electron chi connectivity index (χ0n) is 20.3. The summed E-state index contributed by atoms with van der Waals surface area (Å²) in [6.07, 6.45) is 1.46. The maximum atomic E-state index is 12.9. The predicted octanol–water partition coefficient (Wildman–Crippen LogP) is 5.61. The number of ketones is 1. The minimum Gasteiger partial charge on any atom is -0.490 e. The lowest BCUT2D eigenvalue weighted by atomic mass is 10.1. The molecule has 0 aliphatic carbocycles. The van der Waals surface area contributed by atoms with Gasteiger partial charge in [-0.1, -0.05) is 36.4 Å². The number of benzene rings is 3. The lowest BCUT2D eigenvalue weighted by Crippen LogP contribution is -2.33. The third-order valence-electron chi connectivity index (χ3n) is 5.41. The van der Waals surface area contributed by atoms with Gasteiger partial charge >= 0.3 is 5.69 Å². The van der Waals surface area contributed by atoms with E-state index in [9.17, 15) is 34.6 Å². The maximum Gasteiger partial charge on any atom is 0.318 e. The van der Waals surface area contributed by atoms with Crippen LogP contribution in [0.25, 0.3) is 6.08 Å². The monoisotopic (exact) mass is 549 g/mol. The minimum atomic E-state index is -0.796. The van der Waals surface area contributed by atoms with Crippen LogP contribution in [0, 0.1) is 20.2 Å². The summed E-state index contributed by atoms with van der Waals surface area (Å²) < 4.78 is 11.3. The highest BCUT2D eigenvalue weighted by molar-refractivity contribution is 8.18. The molecule has 0 radical (unpaired) electrons. The summed E-state index contributed by atoms with van der Waals surface area (Å²) in [7, 11) is 0. The summed E-state index contributed by atoms with van der Waals surface area (Å²) in [5.41, 5.74) is -0.224. The Labute approximate surface area is 225 Å². The topological polar surface area (TPSA) is 159 Å². The van der Waals surface area contributed by atoms with Gasteiger partial charge in [-0.05, 0) is 48.5 Å². The van der Waals surface area contributed by atoms with Crippen LogP contribution in [0.5, 0.6) is 17.2 Å². The third kappa shape index (κ3) is 6.10. The molecule has 0 N–H and O–H groups in total. The highest BCUT2D eigenvalue weighted by Crippen LogP contribution is 2.39. The van der Waals surface area contributed by atoms with E-state index < -0.39 is 38.9 Å². The van der Waals surface area contributed by atoms with Crippen LogP contribution in [0.1, 0.15) is 22.8 Å². The molecule has 13 heteroatoms. The van der Waals surface area contributed by atoms with Crippen molar-refractivity contribution in [2.24, 2.45) is 0 Å². The maximum absolute atomic E-state index is 12.9. The van der Waals surface area contributed by atoms with Crippen molar-refractivity contribution in [1.82, 2.24) is 4.90 Å². The fourth-order valence-electron chi connectivity index (χ4n) is 3.58. The number of hydrogen-bond acceptors (Lipinski definition) is 10. The molecule has 39 heavy (non-hydrogen) atoms. The number of thioether (sulfide) groups is 1. The molecule has 0 spiro atoms. The molecule has 1 fully saturated rings. The molecule has 0 saturated carbocycles. The Morgan fingerprint density at radius 2 is 1.67 bits per heavy atom. The molecule has 3 aromatic carbocycles. The van der Waals surface area contributed by atoms with E-state index in [4.69, 9.17) is 9.47 Å². The molecule has 4 rings (SSSR count). The minimum absolute atomic E-state index is 0.0903. The van der Waals surface area contributed by atoms with Crippen molar-refractivity contribution < 1.29 is 33.7 Å². The molecule has 12 nitrogen and oxygen atoms in total. The summed E-state index contributed by atoms with van der Waals surface area (Å²) in [5.74, 6) is -0.956. The van der Waals surface area contributed by atoms with Crippen molar-refractivity contribution in [2.75, 3.05) is 13.2 Å². The Morgan fingerprint density at radius 3 is 2.33 bits per heavy atom. The Morgan fingerprint density at radius 1 is 0.949 bits per heavy atom. The lowest BCUT2D eigenvalue weighted by molar-refractivity contribution is -0.394. The Hall–Kier alpha value is -5.04. The number of nitro groups is 2. The first-order valence-electron chi connectivity index (χ1n) is 11.4. The lowest BCUT2D eigenvalue weighted by Gasteiger charge is -2.13. The van der Waals surface area contributed by atoms with Crippen LogP contribution in [0.3, 0.4) is 0 Å². The molecule has 198 valence electrons. The fraction of sp³-hybridized carbons (Fsp3) is 0.115. The largest absolute Gasteiger partial charge is 0.490 e. The number of imide groups is 1. The second kappa shape index (κ2) is 11.6. The molecule has 1 aliphatic rings. The van der Waals surface area contributed by atoms with Gasteiger partial charge in [-0.3, -0.25) is 39.5 Å². The highest BCUT2D eigenvalue weighted by atomic mass is 32.2. The van der Waals surface area contributed by atoms with Gasteiger partial charge in [0.15, 0.2) is 17.3 Å². The number of rotatable bonds is 10. The second-order valence-corrected chi connectivity index (χ2v) is 8.96. The summed E-state index contributed by atoms with van der Waals surface area (Å²) in [6.45, 7) is 1.52. The number of hydrogen-bond donors (Lipinski definition) is 0. The molecule has 3 aromatic rings. The Balaban J connectivity index is 1.58. The van der Waals surface area contributed by atoms with Crippen LogP contribution >= 0.6 is 11.8 Å². The molecular formula is C26H19N3O9S. The summed E-state index contributed by atoms with van der Waals surface area (Å²) in [5, 5.41) is 21.9. The number of carbonyl (C=O) groups excluding carboxylic acids is 3. The van der Waals surface area contributed by atoms with Gasteiger partial charge in [-0.15, -0.1) is 0 Å². The zero-order chi connectivity index (χ0) is 28.1. The molecule has 1 saturated heterocycles. The molecule has 0 aromatic heterocycles. The van der Waals surface area contributed by atoms with E-state index in [1.807, 2.05) is 0 Å². The van der Waals surface area contributed by atoms with Crippen molar-refractivity contribution >= 4 is 46.1 Å². The Kier molecular flexibility index (Phi) is 8.01. The quantitative estimate of drug-likeness (QED) is 0.134. The van der Waals surface area contributed by atoms with E-state index in [1.165, 1.54) is 24.3 Å². The predicted molar refractivity (Wildman–Crippen MR) is 141 cm³/mol. The van der Waals surface area contributed by atoms with E-state index in [2.05, 4.69) is 0 Å². The SMILES string of the molecule is CCOc1cc(/C=C2/SC(=O)N(CC(=O)c3ccccc3)C2=O)ccc1Oc1ccc([N+](=O)[O-])cc1[N+](=O)[O-]. The van der Waals surface area contributed by atoms with Gasteiger partial charge in [-0.2, -0.15) is 0 Å². The van der Waals surface area contributed by atoms with Crippen LogP contribution in [0.4, 0.5) is 16.2 Å². The van der Waals surface area contributed by atoms with E-state index in [0.29, 0.717) is 22.9 Å². The first-order chi connectivity index (χ1) is 18.7. The third-order valence-corrected chi connectivity index (χ3v) is 6.31. The standard InChI is InChI=1S/C26H19N3O9S/c1-2-37-23-12-16(8-10-22(23)38-21-11-9-18(28(33)34)14-19(21)29(35)36)13-24-25(31)27(26(32)39-24)15-20(30)17-6-4-3-5-7-17/h3-14H,2,15H2,1H3/b24-13+. The normalized spacial score (nSPS) is 14.0. The molecule has 0 atom stereocenters. The van der Waals surface area contributed by atoms with Crippen LogP contribution in [-0.2, 0) is 4.79 Å². The number of nitrogens with zero attached hydrogens (tertiary/aromatic N) is 3. The van der Waals surface area contributed by atoms with Gasteiger partial charge in [0.25, 0.3) is 16.8 Å². The average Bonchev–Trinajstić information content (AvgIpc) is 3.17. The van der Waals surface area contributed by atoms with Crippen LogP contribution < -0.4 is 9.47 Å². The molecule has 1 aliphatic heterocycles. The highest BCUT2D eigenvalue weighted by Gasteiger charge is 2.36. The van der Waals surface area contributed by atoms with Gasteiger partial charge in [0.2, 0.25) is 5.75 Å². The summed E-state index contributed by atoms with van der Waals surface area (Å²) in [6, 6.07) is 15.8. The number of ether oxygens (including phenoxy) is 2. The van der Waals surface area contributed by atoms with Crippen molar-refractivity contribution in [1.29, 1.82) is 0 Å². The van der Waals surface area contributed by atoms with Gasteiger partial charge in [0, 0.05) is 11.6 Å². The zero-order valence-corrected chi connectivity index (χ0v) is 21.1. The van der Waals surface area contributed by atoms with Crippen molar-refractivity contribution in [2.45, 2.75) is 6.92 Å². The number of carbonyl (C=O) groups is 3. The van der Waals surface area contributed by atoms with Gasteiger partial charge < -0.3 is 9.47 Å². The smallest absolute Gasteiger partial charge is 0.318 e. The first-order valence-corrected chi connectivity index (χ1v) is 12.2. The number of Topliss-reactive ketones (excluding diaryl/α,β-unsaturated/α-hetero) is 1. The van der Waals surface area contributed by atoms with Gasteiger partial charge in [0.1, 0.15) is 0 Å². The van der Waals surface area contributed by atoms with Crippen LogP contribution in [0.15, 0.2) is 71.6 Å². The van der Waals surface area contributed by atoms with E-state index in [0.717, 1.165) is 23.1 Å². The van der Waals surface area contributed by atoms with Crippen molar-refractivity contribution in [3.8, 4) is 17.2 Å². The van der Waals surface area contributed by atoms with E-state index in [1.54, 1.807) is 37.3 Å². The molecule has 1 heterocycles. The molecule has 0 unspecified atom stereocenters. The molecule has 2 amide bonds. The van der Waals surface area contributed by atoms with Crippen molar-refractivity contribution in [3.63, 3.8) is 0 Å². The van der Waals surface area contributed by atoms with Crippen LogP contribution in [0.2, 0.25) is 0 Å². The molecule has 0 bridgehead atoms. The number of nitro benzene ring substituents is 2. The van der Waals surface area contributed by atoms with Crippen molar-refractivity contribution in [3.05, 3.63) is 103 Å². The van der Waals surface area contributed by atoms with Crippen LogP contribution in [-0.4, -0.2) is 44.8 Å². The number of non-ortho nitro benzene ring substituents is 1. The number of amides is 2. The first kappa shape index (κ1) is 27.0.